The number of nitrogens with one attached hydrogen (secondary N) is 2. The van der Waals surface area contributed by atoms with Gasteiger partial charge in [0.1, 0.15) is 0 Å². The summed E-state index contributed by atoms with van der Waals surface area (Å²) in [4.78, 5) is 12.2. The third-order valence-corrected chi connectivity index (χ3v) is 4.61. The summed E-state index contributed by atoms with van der Waals surface area (Å²) in [6.45, 7) is 7.58. The maximum Gasteiger partial charge on any atom is 0.224 e. The Kier molecular flexibility index (Phi) is 3.76. The SMILES string of the molecule is CC1CCC(C(=O)NC2CCCC2(C)C)CN1. The number of carbonyl (C=O) groups excluding carboxylic acids is 1. The van der Waals surface area contributed by atoms with Crippen molar-refractivity contribution in [1.82, 2.24) is 10.6 Å². The average molecular weight is 238 g/mol. The van der Waals surface area contributed by atoms with E-state index >= 15 is 0 Å². The summed E-state index contributed by atoms with van der Waals surface area (Å²) in [6, 6.07) is 0.955. The van der Waals surface area contributed by atoms with E-state index in [1.807, 2.05) is 0 Å². The van der Waals surface area contributed by atoms with Crippen LogP contribution in [0.25, 0.3) is 0 Å². The van der Waals surface area contributed by atoms with Crippen LogP contribution in [0.2, 0.25) is 0 Å². The molecule has 0 spiro atoms. The first-order valence-corrected chi connectivity index (χ1v) is 7.03. The molecule has 3 unspecified atom stereocenters. The summed E-state index contributed by atoms with van der Waals surface area (Å²) < 4.78 is 0. The zero-order valence-corrected chi connectivity index (χ0v) is 11.4. The van der Waals surface area contributed by atoms with Crippen LogP contribution in [0.1, 0.15) is 52.9 Å². The summed E-state index contributed by atoms with van der Waals surface area (Å²) >= 11 is 0. The Morgan fingerprint density at radius 1 is 1.29 bits per heavy atom. The van der Waals surface area contributed by atoms with Gasteiger partial charge in [-0.25, -0.2) is 0 Å². The fourth-order valence-electron chi connectivity index (χ4n) is 3.11. The smallest absolute Gasteiger partial charge is 0.224 e. The van der Waals surface area contributed by atoms with E-state index in [2.05, 4.69) is 31.4 Å². The molecule has 2 fully saturated rings. The Morgan fingerprint density at radius 2 is 2.06 bits per heavy atom. The van der Waals surface area contributed by atoms with Crippen LogP contribution in [0, 0.1) is 11.3 Å². The highest BCUT2D eigenvalue weighted by atomic mass is 16.2. The largest absolute Gasteiger partial charge is 0.353 e. The highest BCUT2D eigenvalue weighted by Crippen LogP contribution is 2.37. The van der Waals surface area contributed by atoms with E-state index in [-0.39, 0.29) is 17.2 Å². The number of amides is 1. The van der Waals surface area contributed by atoms with Crippen LogP contribution in [0.3, 0.4) is 0 Å². The standard InChI is InChI=1S/C14H26N2O/c1-10-6-7-11(9-15-10)13(17)16-12-5-4-8-14(12,2)3/h10-12,15H,4-9H2,1-3H3,(H,16,17). The first-order chi connectivity index (χ1) is 7.99. The van der Waals surface area contributed by atoms with Crippen LogP contribution >= 0.6 is 0 Å². The lowest BCUT2D eigenvalue weighted by Crippen LogP contribution is -2.49. The molecule has 2 rings (SSSR count). The molecule has 0 bridgehead atoms. The van der Waals surface area contributed by atoms with Gasteiger partial charge in [-0.05, 0) is 38.0 Å². The topological polar surface area (TPSA) is 41.1 Å². The van der Waals surface area contributed by atoms with E-state index in [1.165, 1.54) is 12.8 Å². The van der Waals surface area contributed by atoms with Crippen molar-refractivity contribution in [1.29, 1.82) is 0 Å². The molecule has 1 saturated heterocycles. The second-order valence-electron chi connectivity index (χ2n) is 6.53. The van der Waals surface area contributed by atoms with E-state index in [9.17, 15) is 4.79 Å². The minimum atomic E-state index is 0.183. The van der Waals surface area contributed by atoms with Gasteiger partial charge >= 0.3 is 0 Å². The molecule has 17 heavy (non-hydrogen) atoms. The molecule has 98 valence electrons. The molecule has 0 aromatic rings. The lowest BCUT2D eigenvalue weighted by molar-refractivity contribution is -0.127. The van der Waals surface area contributed by atoms with E-state index in [4.69, 9.17) is 0 Å². The quantitative estimate of drug-likeness (QED) is 0.773. The van der Waals surface area contributed by atoms with Gasteiger partial charge in [-0.2, -0.15) is 0 Å². The molecule has 1 amide bonds. The van der Waals surface area contributed by atoms with Crippen LogP contribution in [-0.4, -0.2) is 24.5 Å². The Balaban J connectivity index is 1.85. The molecule has 3 nitrogen and oxygen atoms in total. The molecular formula is C14H26N2O. The summed E-state index contributed by atoms with van der Waals surface area (Å²) in [5, 5.41) is 6.67. The molecule has 1 aliphatic carbocycles. The van der Waals surface area contributed by atoms with Crippen molar-refractivity contribution in [3.63, 3.8) is 0 Å². The fraction of sp³-hybridized carbons (Fsp3) is 0.929. The monoisotopic (exact) mass is 238 g/mol. The summed E-state index contributed by atoms with van der Waals surface area (Å²) in [6.07, 6.45) is 5.78. The molecule has 3 heteroatoms. The molecule has 0 radical (unpaired) electrons. The lowest BCUT2D eigenvalue weighted by atomic mass is 9.86. The molecule has 1 heterocycles. The Labute approximate surface area is 105 Å². The fourth-order valence-corrected chi connectivity index (χ4v) is 3.11. The predicted molar refractivity (Wildman–Crippen MR) is 69.8 cm³/mol. The molecular weight excluding hydrogens is 212 g/mol. The normalized spacial score (nSPS) is 36.8. The van der Waals surface area contributed by atoms with Gasteiger partial charge in [-0.1, -0.05) is 20.3 Å². The zero-order chi connectivity index (χ0) is 12.5. The Bertz CT molecular complexity index is 280. The zero-order valence-electron chi connectivity index (χ0n) is 11.4. The first-order valence-electron chi connectivity index (χ1n) is 7.03. The third-order valence-electron chi connectivity index (χ3n) is 4.61. The minimum Gasteiger partial charge on any atom is -0.353 e. The molecule has 0 aromatic carbocycles. The molecule has 1 saturated carbocycles. The van der Waals surface area contributed by atoms with Gasteiger partial charge in [-0.3, -0.25) is 4.79 Å². The predicted octanol–water partition coefficient (Wildman–Crippen LogP) is 2.07. The van der Waals surface area contributed by atoms with Crippen LogP contribution in [0.5, 0.6) is 0 Å². The van der Waals surface area contributed by atoms with E-state index in [1.54, 1.807) is 0 Å². The molecule has 3 atom stereocenters. The van der Waals surface area contributed by atoms with Crippen molar-refractivity contribution >= 4 is 5.91 Å². The number of hydrogen-bond donors (Lipinski definition) is 2. The van der Waals surface area contributed by atoms with Crippen LogP contribution in [0.15, 0.2) is 0 Å². The van der Waals surface area contributed by atoms with Gasteiger partial charge in [0.15, 0.2) is 0 Å². The number of carbonyl (C=O) groups is 1. The average Bonchev–Trinajstić information content (AvgIpc) is 2.59. The number of piperidine rings is 1. The highest BCUT2D eigenvalue weighted by Gasteiger charge is 2.36. The Morgan fingerprint density at radius 3 is 2.59 bits per heavy atom. The van der Waals surface area contributed by atoms with E-state index in [0.29, 0.717) is 12.1 Å². The summed E-state index contributed by atoms with van der Waals surface area (Å²) in [5.74, 6) is 0.451. The Hall–Kier alpha value is -0.570. The van der Waals surface area contributed by atoms with Crippen molar-refractivity contribution in [2.45, 2.75) is 65.0 Å². The maximum absolute atomic E-state index is 12.2. The molecule has 0 aromatic heterocycles. The van der Waals surface area contributed by atoms with Crippen molar-refractivity contribution in [3.8, 4) is 0 Å². The summed E-state index contributed by atoms with van der Waals surface area (Å²) in [5.41, 5.74) is 0.283. The van der Waals surface area contributed by atoms with E-state index < -0.39 is 0 Å². The summed E-state index contributed by atoms with van der Waals surface area (Å²) in [7, 11) is 0. The van der Waals surface area contributed by atoms with Crippen molar-refractivity contribution in [2.24, 2.45) is 11.3 Å². The highest BCUT2D eigenvalue weighted by molar-refractivity contribution is 5.79. The van der Waals surface area contributed by atoms with Gasteiger partial charge in [0.2, 0.25) is 5.91 Å². The van der Waals surface area contributed by atoms with Gasteiger partial charge in [0, 0.05) is 18.6 Å². The molecule has 2 aliphatic rings. The van der Waals surface area contributed by atoms with Gasteiger partial charge in [-0.15, -0.1) is 0 Å². The van der Waals surface area contributed by atoms with Gasteiger partial charge in [0.25, 0.3) is 0 Å². The number of rotatable bonds is 2. The van der Waals surface area contributed by atoms with Crippen molar-refractivity contribution in [2.75, 3.05) is 6.54 Å². The van der Waals surface area contributed by atoms with Crippen molar-refractivity contribution in [3.05, 3.63) is 0 Å². The molecule has 1 aliphatic heterocycles. The van der Waals surface area contributed by atoms with Gasteiger partial charge in [0.05, 0.1) is 5.92 Å². The van der Waals surface area contributed by atoms with Gasteiger partial charge < -0.3 is 10.6 Å². The molecule has 2 N–H and O–H groups in total. The minimum absolute atomic E-state index is 0.183. The second-order valence-corrected chi connectivity index (χ2v) is 6.53. The number of hydrogen-bond acceptors (Lipinski definition) is 2. The van der Waals surface area contributed by atoms with Crippen LogP contribution in [-0.2, 0) is 4.79 Å². The maximum atomic E-state index is 12.2. The van der Waals surface area contributed by atoms with Crippen molar-refractivity contribution < 1.29 is 4.79 Å². The second kappa shape index (κ2) is 4.97. The lowest BCUT2D eigenvalue weighted by Gasteiger charge is -2.32. The van der Waals surface area contributed by atoms with Crippen LogP contribution in [0.4, 0.5) is 0 Å². The first kappa shape index (κ1) is 12.9. The van der Waals surface area contributed by atoms with E-state index in [0.717, 1.165) is 25.8 Å². The third kappa shape index (κ3) is 3.01. The van der Waals surface area contributed by atoms with Crippen LogP contribution < -0.4 is 10.6 Å².